The zero-order valence-corrected chi connectivity index (χ0v) is 11.9. The fourth-order valence-electron chi connectivity index (χ4n) is 3.84. The molecular formula is C15H26N2O2. The Bertz CT molecular complexity index is 328. The largest absolute Gasteiger partial charge is 0.368 e. The molecule has 4 nitrogen and oxygen atoms in total. The Morgan fingerprint density at radius 2 is 2.16 bits per heavy atom. The Morgan fingerprint density at radius 3 is 2.84 bits per heavy atom. The maximum absolute atomic E-state index is 12.6. The Kier molecular flexibility index (Phi) is 4.08. The molecule has 1 N–H and O–H groups in total. The summed E-state index contributed by atoms with van der Waals surface area (Å²) >= 11 is 0. The lowest BCUT2D eigenvalue weighted by molar-refractivity contribution is -0.144. The van der Waals surface area contributed by atoms with Crippen molar-refractivity contribution in [1.29, 1.82) is 0 Å². The Balaban J connectivity index is 1.59. The van der Waals surface area contributed by atoms with E-state index in [2.05, 4.69) is 17.1 Å². The van der Waals surface area contributed by atoms with Gasteiger partial charge in [-0.3, -0.25) is 4.79 Å². The lowest BCUT2D eigenvalue weighted by Crippen LogP contribution is -2.49. The van der Waals surface area contributed by atoms with E-state index in [1.807, 2.05) is 0 Å². The molecule has 0 spiro atoms. The summed E-state index contributed by atoms with van der Waals surface area (Å²) in [5.41, 5.74) is 0. The molecule has 4 atom stereocenters. The van der Waals surface area contributed by atoms with Gasteiger partial charge in [-0.25, -0.2) is 0 Å². The van der Waals surface area contributed by atoms with E-state index in [9.17, 15) is 4.79 Å². The topological polar surface area (TPSA) is 41.6 Å². The van der Waals surface area contributed by atoms with Crippen molar-refractivity contribution in [3.63, 3.8) is 0 Å². The standard InChI is InChI=1S/C15H26N2O2/c1-11-6-9-19-14(11)15(18)17-8-3-4-12(10-17)13-5-2-7-16-13/h11-14,16H,2-10H2,1H3. The zero-order chi connectivity index (χ0) is 13.2. The van der Waals surface area contributed by atoms with Gasteiger partial charge in [0.1, 0.15) is 6.10 Å². The van der Waals surface area contributed by atoms with Crippen LogP contribution in [-0.4, -0.2) is 49.2 Å². The number of amides is 1. The fraction of sp³-hybridized carbons (Fsp3) is 0.933. The summed E-state index contributed by atoms with van der Waals surface area (Å²) in [4.78, 5) is 14.6. The molecule has 3 heterocycles. The van der Waals surface area contributed by atoms with Crippen LogP contribution in [0.2, 0.25) is 0 Å². The minimum Gasteiger partial charge on any atom is -0.368 e. The van der Waals surface area contributed by atoms with Gasteiger partial charge in [0.2, 0.25) is 0 Å². The van der Waals surface area contributed by atoms with Crippen molar-refractivity contribution in [2.75, 3.05) is 26.2 Å². The van der Waals surface area contributed by atoms with Crippen LogP contribution in [0.4, 0.5) is 0 Å². The van der Waals surface area contributed by atoms with Crippen LogP contribution in [0.3, 0.4) is 0 Å². The van der Waals surface area contributed by atoms with Gasteiger partial charge < -0.3 is 15.0 Å². The second-order valence-electron chi connectivity index (χ2n) is 6.45. The van der Waals surface area contributed by atoms with Crippen LogP contribution < -0.4 is 5.32 Å². The summed E-state index contributed by atoms with van der Waals surface area (Å²) < 4.78 is 5.63. The molecule has 0 aromatic carbocycles. The first-order valence-corrected chi connectivity index (χ1v) is 7.89. The molecular weight excluding hydrogens is 240 g/mol. The van der Waals surface area contributed by atoms with Gasteiger partial charge in [-0.05, 0) is 50.5 Å². The van der Waals surface area contributed by atoms with Crippen molar-refractivity contribution in [2.45, 2.75) is 51.2 Å². The van der Waals surface area contributed by atoms with Crippen LogP contribution in [-0.2, 0) is 9.53 Å². The molecule has 3 aliphatic heterocycles. The van der Waals surface area contributed by atoms with E-state index in [1.54, 1.807) is 0 Å². The van der Waals surface area contributed by atoms with Crippen LogP contribution in [0.5, 0.6) is 0 Å². The van der Waals surface area contributed by atoms with Crippen molar-refractivity contribution in [2.24, 2.45) is 11.8 Å². The quantitative estimate of drug-likeness (QED) is 0.821. The van der Waals surface area contributed by atoms with Crippen LogP contribution in [0.15, 0.2) is 0 Å². The van der Waals surface area contributed by atoms with Gasteiger partial charge in [0.15, 0.2) is 0 Å². The van der Waals surface area contributed by atoms with Crippen LogP contribution >= 0.6 is 0 Å². The van der Waals surface area contributed by atoms with E-state index >= 15 is 0 Å². The van der Waals surface area contributed by atoms with Gasteiger partial charge in [0.05, 0.1) is 0 Å². The third-order valence-electron chi connectivity index (χ3n) is 5.07. The van der Waals surface area contributed by atoms with Crippen molar-refractivity contribution < 1.29 is 9.53 Å². The summed E-state index contributed by atoms with van der Waals surface area (Å²) in [7, 11) is 0. The lowest BCUT2D eigenvalue weighted by Gasteiger charge is -2.37. The summed E-state index contributed by atoms with van der Waals surface area (Å²) in [5, 5.41) is 3.59. The average molecular weight is 266 g/mol. The predicted octanol–water partition coefficient (Wildman–Crippen LogP) is 1.40. The van der Waals surface area contributed by atoms with E-state index in [1.165, 1.54) is 19.3 Å². The highest BCUT2D eigenvalue weighted by Gasteiger charge is 2.37. The summed E-state index contributed by atoms with van der Waals surface area (Å²) in [6.07, 6.45) is 5.84. The number of piperidine rings is 1. The molecule has 0 saturated carbocycles. The molecule has 19 heavy (non-hydrogen) atoms. The van der Waals surface area contributed by atoms with Gasteiger partial charge in [-0.1, -0.05) is 6.92 Å². The second kappa shape index (κ2) is 5.80. The van der Waals surface area contributed by atoms with E-state index in [-0.39, 0.29) is 12.0 Å². The lowest BCUT2D eigenvalue weighted by atomic mass is 9.89. The smallest absolute Gasteiger partial charge is 0.251 e. The number of rotatable bonds is 2. The van der Waals surface area contributed by atoms with E-state index < -0.39 is 0 Å². The molecule has 108 valence electrons. The zero-order valence-electron chi connectivity index (χ0n) is 11.9. The minimum atomic E-state index is -0.171. The molecule has 3 aliphatic rings. The molecule has 0 aromatic heterocycles. The van der Waals surface area contributed by atoms with Crippen LogP contribution in [0, 0.1) is 11.8 Å². The van der Waals surface area contributed by atoms with E-state index in [0.717, 1.165) is 39.1 Å². The van der Waals surface area contributed by atoms with E-state index in [4.69, 9.17) is 4.74 Å². The third kappa shape index (κ3) is 2.79. The van der Waals surface area contributed by atoms with Crippen LogP contribution in [0.25, 0.3) is 0 Å². The first kappa shape index (κ1) is 13.4. The molecule has 3 rings (SSSR count). The fourth-order valence-corrected chi connectivity index (χ4v) is 3.84. The average Bonchev–Trinajstić information content (AvgIpc) is 3.09. The summed E-state index contributed by atoms with van der Waals surface area (Å²) in [6, 6.07) is 0.637. The Morgan fingerprint density at radius 1 is 1.26 bits per heavy atom. The molecule has 3 saturated heterocycles. The SMILES string of the molecule is CC1CCOC1C(=O)N1CCCC(C2CCCN2)C1. The maximum atomic E-state index is 12.6. The molecule has 0 radical (unpaired) electrons. The number of hydrogen-bond acceptors (Lipinski definition) is 3. The number of carbonyl (C=O) groups excluding carboxylic acids is 1. The van der Waals surface area contributed by atoms with Gasteiger partial charge in [0.25, 0.3) is 5.91 Å². The van der Waals surface area contributed by atoms with Crippen LogP contribution in [0.1, 0.15) is 39.0 Å². The minimum absolute atomic E-state index is 0.171. The molecule has 0 aromatic rings. The first-order valence-electron chi connectivity index (χ1n) is 7.89. The highest BCUT2D eigenvalue weighted by atomic mass is 16.5. The second-order valence-corrected chi connectivity index (χ2v) is 6.45. The van der Waals surface area contributed by atoms with Crippen molar-refractivity contribution in [1.82, 2.24) is 10.2 Å². The molecule has 4 unspecified atom stereocenters. The normalized spacial score (nSPS) is 39.7. The number of likely N-dealkylation sites (tertiary alicyclic amines) is 1. The molecule has 0 aliphatic carbocycles. The molecule has 1 amide bonds. The monoisotopic (exact) mass is 266 g/mol. The number of ether oxygens (including phenoxy) is 1. The number of nitrogens with zero attached hydrogens (tertiary/aromatic N) is 1. The number of nitrogens with one attached hydrogen (secondary N) is 1. The molecule has 3 fully saturated rings. The van der Waals surface area contributed by atoms with Crippen molar-refractivity contribution in [3.8, 4) is 0 Å². The predicted molar refractivity (Wildman–Crippen MR) is 73.8 cm³/mol. The summed E-state index contributed by atoms with van der Waals surface area (Å²) in [6.45, 7) is 5.89. The van der Waals surface area contributed by atoms with Gasteiger partial charge in [-0.15, -0.1) is 0 Å². The number of hydrogen-bond donors (Lipinski definition) is 1. The van der Waals surface area contributed by atoms with Crippen molar-refractivity contribution in [3.05, 3.63) is 0 Å². The third-order valence-corrected chi connectivity index (χ3v) is 5.07. The van der Waals surface area contributed by atoms with E-state index in [0.29, 0.717) is 17.9 Å². The summed E-state index contributed by atoms with van der Waals surface area (Å²) in [5.74, 6) is 1.28. The Hall–Kier alpha value is -0.610. The first-order chi connectivity index (χ1) is 9.25. The molecule has 0 bridgehead atoms. The highest BCUT2D eigenvalue weighted by Crippen LogP contribution is 2.28. The van der Waals surface area contributed by atoms with Gasteiger partial charge in [0, 0.05) is 25.7 Å². The Labute approximate surface area is 115 Å². The molecule has 4 heteroatoms. The highest BCUT2D eigenvalue weighted by molar-refractivity contribution is 5.81. The number of carbonyl (C=O) groups is 1. The van der Waals surface area contributed by atoms with Crippen molar-refractivity contribution >= 4 is 5.91 Å². The maximum Gasteiger partial charge on any atom is 0.251 e. The van der Waals surface area contributed by atoms with Gasteiger partial charge in [-0.2, -0.15) is 0 Å². The van der Waals surface area contributed by atoms with Gasteiger partial charge >= 0.3 is 0 Å².